The van der Waals surface area contributed by atoms with E-state index in [-0.39, 0.29) is 11.5 Å². The van der Waals surface area contributed by atoms with Gasteiger partial charge in [-0.3, -0.25) is 0 Å². The largest absolute Gasteiger partial charge is 0.504 e. The number of hydrogen-bond acceptors (Lipinski definition) is 5. The van der Waals surface area contributed by atoms with Crippen molar-refractivity contribution < 1.29 is 24.1 Å². The average Bonchev–Trinajstić information content (AvgIpc) is 2.27. The van der Waals surface area contributed by atoms with Gasteiger partial charge in [-0.15, -0.1) is 0 Å². The Morgan fingerprint density at radius 3 is 1.73 bits per heavy atom. The highest BCUT2D eigenvalue weighted by Crippen LogP contribution is 2.49. The van der Waals surface area contributed by atoms with Crippen molar-refractivity contribution in [3.05, 3.63) is 6.07 Å². The van der Waals surface area contributed by atoms with E-state index in [4.69, 9.17) is 18.9 Å². The standard InChI is InChI=1S/C10H14O5/c1-12-7-5-6(11)8(13-2)10(15-4)9(7)14-3/h5,11H,1-4H3. The number of hydrogen-bond donors (Lipinski definition) is 1. The molecule has 1 N–H and O–H groups in total. The molecular formula is C10H14O5. The van der Waals surface area contributed by atoms with Gasteiger partial charge in [-0.05, 0) is 0 Å². The first-order chi connectivity index (χ1) is 7.19. The molecular weight excluding hydrogens is 200 g/mol. The predicted molar refractivity (Wildman–Crippen MR) is 54.3 cm³/mol. The van der Waals surface area contributed by atoms with Crippen molar-refractivity contribution >= 4 is 0 Å². The summed E-state index contributed by atoms with van der Waals surface area (Å²) >= 11 is 0. The third kappa shape index (κ3) is 1.86. The number of phenolic OH excluding ortho intramolecular Hbond substituents is 1. The lowest BCUT2D eigenvalue weighted by Gasteiger charge is -2.15. The Hall–Kier alpha value is -1.78. The van der Waals surface area contributed by atoms with Crippen LogP contribution in [0.25, 0.3) is 0 Å². The maximum atomic E-state index is 9.61. The van der Waals surface area contributed by atoms with Gasteiger partial charge in [0.15, 0.2) is 11.5 Å². The molecule has 0 aromatic heterocycles. The molecule has 1 rings (SSSR count). The molecule has 0 aliphatic heterocycles. The third-order valence-electron chi connectivity index (χ3n) is 1.97. The van der Waals surface area contributed by atoms with Crippen LogP contribution in [-0.4, -0.2) is 33.5 Å². The van der Waals surface area contributed by atoms with Crippen molar-refractivity contribution in [2.75, 3.05) is 28.4 Å². The van der Waals surface area contributed by atoms with Crippen molar-refractivity contribution in [1.82, 2.24) is 0 Å². The van der Waals surface area contributed by atoms with E-state index in [1.807, 2.05) is 0 Å². The first kappa shape index (κ1) is 11.3. The molecule has 0 spiro atoms. The molecule has 0 heterocycles. The van der Waals surface area contributed by atoms with Crippen LogP contribution in [0.4, 0.5) is 0 Å². The van der Waals surface area contributed by atoms with Crippen molar-refractivity contribution in [3.8, 4) is 28.7 Å². The Kier molecular flexibility index (Phi) is 3.49. The molecule has 84 valence electrons. The van der Waals surface area contributed by atoms with Crippen LogP contribution in [0.5, 0.6) is 28.7 Å². The lowest BCUT2D eigenvalue weighted by Crippen LogP contribution is -1.97. The summed E-state index contributed by atoms with van der Waals surface area (Å²) in [5, 5.41) is 9.61. The van der Waals surface area contributed by atoms with Gasteiger partial charge in [0.1, 0.15) is 0 Å². The van der Waals surface area contributed by atoms with E-state index in [9.17, 15) is 5.11 Å². The second-order valence-corrected chi connectivity index (χ2v) is 2.70. The van der Waals surface area contributed by atoms with Crippen LogP contribution >= 0.6 is 0 Å². The van der Waals surface area contributed by atoms with Gasteiger partial charge in [0.05, 0.1) is 28.4 Å². The smallest absolute Gasteiger partial charge is 0.211 e. The number of benzene rings is 1. The molecule has 5 heteroatoms. The van der Waals surface area contributed by atoms with E-state index in [0.29, 0.717) is 17.2 Å². The normalized spacial score (nSPS) is 9.60. The van der Waals surface area contributed by atoms with E-state index in [1.165, 1.54) is 34.5 Å². The van der Waals surface area contributed by atoms with Crippen LogP contribution in [0, 0.1) is 0 Å². The Balaban J connectivity index is 3.44. The molecule has 15 heavy (non-hydrogen) atoms. The molecule has 1 aromatic carbocycles. The molecule has 5 nitrogen and oxygen atoms in total. The highest BCUT2D eigenvalue weighted by atomic mass is 16.5. The lowest BCUT2D eigenvalue weighted by molar-refractivity contribution is 0.294. The van der Waals surface area contributed by atoms with Crippen molar-refractivity contribution in [3.63, 3.8) is 0 Å². The minimum Gasteiger partial charge on any atom is -0.504 e. The molecule has 0 fully saturated rings. The fourth-order valence-corrected chi connectivity index (χ4v) is 1.31. The van der Waals surface area contributed by atoms with Gasteiger partial charge in [0, 0.05) is 6.07 Å². The molecule has 0 radical (unpaired) electrons. The summed E-state index contributed by atoms with van der Waals surface area (Å²) in [6, 6.07) is 1.40. The zero-order valence-corrected chi connectivity index (χ0v) is 9.16. The summed E-state index contributed by atoms with van der Waals surface area (Å²) in [4.78, 5) is 0. The Bertz CT molecular complexity index is 348. The first-order valence-corrected chi connectivity index (χ1v) is 4.25. The zero-order valence-electron chi connectivity index (χ0n) is 9.16. The van der Waals surface area contributed by atoms with Gasteiger partial charge in [-0.2, -0.15) is 0 Å². The van der Waals surface area contributed by atoms with Crippen LogP contribution in [0.1, 0.15) is 0 Å². The fourth-order valence-electron chi connectivity index (χ4n) is 1.31. The van der Waals surface area contributed by atoms with Gasteiger partial charge in [0.25, 0.3) is 0 Å². The number of rotatable bonds is 4. The minimum atomic E-state index is -0.0630. The minimum absolute atomic E-state index is 0.0630. The summed E-state index contributed by atoms with van der Waals surface area (Å²) in [5.74, 6) is 1.22. The summed E-state index contributed by atoms with van der Waals surface area (Å²) in [6.45, 7) is 0. The Morgan fingerprint density at radius 1 is 0.800 bits per heavy atom. The van der Waals surface area contributed by atoms with Crippen LogP contribution in [0.2, 0.25) is 0 Å². The number of ether oxygens (including phenoxy) is 4. The van der Waals surface area contributed by atoms with E-state index in [2.05, 4.69) is 0 Å². The second kappa shape index (κ2) is 4.63. The third-order valence-corrected chi connectivity index (χ3v) is 1.97. The number of methoxy groups -OCH3 is 4. The molecule has 1 aromatic rings. The molecule has 0 unspecified atom stereocenters. The Morgan fingerprint density at radius 2 is 1.33 bits per heavy atom. The van der Waals surface area contributed by atoms with Crippen LogP contribution in [0.3, 0.4) is 0 Å². The maximum Gasteiger partial charge on any atom is 0.211 e. The lowest BCUT2D eigenvalue weighted by atomic mass is 10.2. The Labute approximate surface area is 88.1 Å². The highest BCUT2D eigenvalue weighted by Gasteiger charge is 2.20. The topological polar surface area (TPSA) is 57.2 Å². The molecule has 0 saturated carbocycles. The van der Waals surface area contributed by atoms with Crippen LogP contribution in [0.15, 0.2) is 6.07 Å². The summed E-state index contributed by atoms with van der Waals surface area (Å²) in [7, 11) is 5.85. The highest BCUT2D eigenvalue weighted by molar-refractivity contribution is 5.65. The second-order valence-electron chi connectivity index (χ2n) is 2.70. The zero-order chi connectivity index (χ0) is 11.4. The number of phenols is 1. The van der Waals surface area contributed by atoms with Crippen molar-refractivity contribution in [1.29, 1.82) is 0 Å². The van der Waals surface area contributed by atoms with Gasteiger partial charge in [0.2, 0.25) is 17.2 Å². The monoisotopic (exact) mass is 214 g/mol. The quantitative estimate of drug-likeness (QED) is 0.821. The fraction of sp³-hybridized carbons (Fsp3) is 0.400. The summed E-state index contributed by atoms with van der Waals surface area (Å²) < 4.78 is 20.2. The van der Waals surface area contributed by atoms with Crippen molar-refractivity contribution in [2.45, 2.75) is 0 Å². The molecule has 0 aliphatic carbocycles. The average molecular weight is 214 g/mol. The van der Waals surface area contributed by atoms with Gasteiger partial charge in [-0.1, -0.05) is 0 Å². The first-order valence-electron chi connectivity index (χ1n) is 4.25. The molecule has 0 saturated heterocycles. The molecule has 0 amide bonds. The molecule has 0 bridgehead atoms. The summed E-state index contributed by atoms with van der Waals surface area (Å²) in [5.41, 5.74) is 0. The van der Waals surface area contributed by atoms with Gasteiger partial charge in [-0.25, -0.2) is 0 Å². The van der Waals surface area contributed by atoms with Gasteiger partial charge < -0.3 is 24.1 Å². The predicted octanol–water partition coefficient (Wildman–Crippen LogP) is 1.43. The maximum absolute atomic E-state index is 9.61. The van der Waals surface area contributed by atoms with E-state index >= 15 is 0 Å². The van der Waals surface area contributed by atoms with E-state index in [1.54, 1.807) is 0 Å². The summed E-state index contributed by atoms with van der Waals surface area (Å²) in [6.07, 6.45) is 0. The van der Waals surface area contributed by atoms with Crippen molar-refractivity contribution in [2.24, 2.45) is 0 Å². The van der Waals surface area contributed by atoms with Crippen LogP contribution < -0.4 is 18.9 Å². The van der Waals surface area contributed by atoms with E-state index < -0.39 is 0 Å². The SMILES string of the molecule is COc1cc(O)c(OC)c(OC)c1OC. The molecule has 0 atom stereocenters. The van der Waals surface area contributed by atoms with Gasteiger partial charge >= 0.3 is 0 Å². The molecule has 0 aliphatic rings. The van der Waals surface area contributed by atoms with Crippen LogP contribution in [-0.2, 0) is 0 Å². The van der Waals surface area contributed by atoms with E-state index in [0.717, 1.165) is 0 Å². The number of aromatic hydroxyl groups is 1.